The van der Waals surface area contributed by atoms with Gasteiger partial charge >= 0.3 is 0 Å². The van der Waals surface area contributed by atoms with E-state index >= 15 is 0 Å². The summed E-state index contributed by atoms with van der Waals surface area (Å²) in [6, 6.07) is 7.59. The summed E-state index contributed by atoms with van der Waals surface area (Å²) in [6.45, 7) is 2.08. The molecule has 1 aliphatic heterocycles. The lowest BCUT2D eigenvalue weighted by Gasteiger charge is -2.18. The number of rotatable bonds is 4. The van der Waals surface area contributed by atoms with Crippen molar-refractivity contribution in [1.29, 1.82) is 0 Å². The maximum Gasteiger partial charge on any atom is 0.228 e. The number of furan rings is 1. The molecule has 1 unspecified atom stereocenters. The van der Waals surface area contributed by atoms with Crippen LogP contribution in [0.4, 0.5) is 11.4 Å². The molecule has 1 aromatic carbocycles. The molecule has 5 heteroatoms. The number of amides is 1. The minimum absolute atomic E-state index is 0.00583. The van der Waals surface area contributed by atoms with E-state index in [1.165, 1.54) is 0 Å². The highest BCUT2D eigenvalue weighted by Crippen LogP contribution is 2.35. The standard InChI is InChI=1S/C15H15ClN2O2/c1-2-11(14-4-3-5-20-14)17-13-6-9-7-15(19)18-12(9)8-10(13)16/h3-6,8,11,17H,2,7H2,1H3,(H,18,19). The highest BCUT2D eigenvalue weighted by Gasteiger charge is 2.21. The lowest BCUT2D eigenvalue weighted by molar-refractivity contribution is -0.115. The van der Waals surface area contributed by atoms with Gasteiger partial charge in [0.25, 0.3) is 0 Å². The molecule has 0 saturated heterocycles. The number of carbonyl (C=O) groups is 1. The van der Waals surface area contributed by atoms with Crippen LogP contribution in [-0.4, -0.2) is 5.91 Å². The van der Waals surface area contributed by atoms with Crippen LogP contribution in [-0.2, 0) is 11.2 Å². The van der Waals surface area contributed by atoms with Gasteiger partial charge in [-0.25, -0.2) is 0 Å². The van der Waals surface area contributed by atoms with Gasteiger partial charge in [0.15, 0.2) is 0 Å². The van der Waals surface area contributed by atoms with Crippen molar-refractivity contribution in [1.82, 2.24) is 0 Å². The van der Waals surface area contributed by atoms with Crippen molar-refractivity contribution in [2.45, 2.75) is 25.8 Å². The van der Waals surface area contributed by atoms with Gasteiger partial charge in [-0.15, -0.1) is 0 Å². The number of hydrogen-bond donors (Lipinski definition) is 2. The van der Waals surface area contributed by atoms with Crippen LogP contribution in [0.5, 0.6) is 0 Å². The second-order valence-electron chi connectivity index (χ2n) is 4.83. The molecule has 20 heavy (non-hydrogen) atoms. The third kappa shape index (κ3) is 2.39. The number of halogens is 1. The first-order valence-corrected chi connectivity index (χ1v) is 6.97. The van der Waals surface area contributed by atoms with E-state index < -0.39 is 0 Å². The van der Waals surface area contributed by atoms with E-state index in [9.17, 15) is 4.79 Å². The first kappa shape index (κ1) is 13.1. The van der Waals surface area contributed by atoms with Gasteiger partial charge in [-0.3, -0.25) is 4.79 Å². The molecule has 3 rings (SSSR count). The van der Waals surface area contributed by atoms with E-state index in [-0.39, 0.29) is 11.9 Å². The fourth-order valence-corrected chi connectivity index (χ4v) is 2.63. The number of benzene rings is 1. The van der Waals surface area contributed by atoms with Crippen LogP contribution in [0.2, 0.25) is 5.02 Å². The predicted octanol–water partition coefficient (Wildman–Crippen LogP) is 3.99. The second-order valence-corrected chi connectivity index (χ2v) is 5.24. The monoisotopic (exact) mass is 290 g/mol. The molecule has 0 bridgehead atoms. The number of carbonyl (C=O) groups excluding carboxylic acids is 1. The zero-order valence-corrected chi connectivity index (χ0v) is 11.8. The number of anilines is 2. The Bertz CT molecular complexity index is 638. The Balaban J connectivity index is 1.87. The van der Waals surface area contributed by atoms with Crippen LogP contribution in [0.3, 0.4) is 0 Å². The summed E-state index contributed by atoms with van der Waals surface area (Å²) in [4.78, 5) is 11.4. The molecule has 1 aromatic heterocycles. The van der Waals surface area contributed by atoms with Gasteiger partial charge in [0.2, 0.25) is 5.91 Å². The summed E-state index contributed by atoms with van der Waals surface area (Å²) in [5.41, 5.74) is 2.60. The summed E-state index contributed by atoms with van der Waals surface area (Å²) in [7, 11) is 0. The summed E-state index contributed by atoms with van der Waals surface area (Å²) in [5, 5.41) is 6.76. The smallest absolute Gasteiger partial charge is 0.228 e. The van der Waals surface area contributed by atoms with Crippen LogP contribution >= 0.6 is 11.6 Å². The Labute approximate surface area is 122 Å². The number of hydrogen-bond acceptors (Lipinski definition) is 3. The van der Waals surface area contributed by atoms with Crippen molar-refractivity contribution in [3.05, 3.63) is 46.9 Å². The van der Waals surface area contributed by atoms with E-state index in [4.69, 9.17) is 16.0 Å². The van der Waals surface area contributed by atoms with Crippen LogP contribution < -0.4 is 10.6 Å². The Morgan fingerprint density at radius 1 is 1.50 bits per heavy atom. The summed E-state index contributed by atoms with van der Waals surface area (Å²) >= 11 is 6.27. The average Bonchev–Trinajstić information content (AvgIpc) is 3.04. The number of nitrogens with one attached hydrogen (secondary N) is 2. The van der Waals surface area contributed by atoms with Gasteiger partial charge in [-0.2, -0.15) is 0 Å². The Morgan fingerprint density at radius 2 is 2.35 bits per heavy atom. The minimum atomic E-state index is 0.00583. The van der Waals surface area contributed by atoms with Crippen molar-refractivity contribution in [3.8, 4) is 0 Å². The topological polar surface area (TPSA) is 54.3 Å². The highest BCUT2D eigenvalue weighted by molar-refractivity contribution is 6.33. The van der Waals surface area contributed by atoms with Crippen LogP contribution in [0.15, 0.2) is 34.9 Å². The fourth-order valence-electron chi connectivity index (χ4n) is 2.41. The third-order valence-electron chi connectivity index (χ3n) is 3.44. The molecule has 1 atom stereocenters. The van der Waals surface area contributed by atoms with Crippen molar-refractivity contribution in [3.63, 3.8) is 0 Å². The highest BCUT2D eigenvalue weighted by atomic mass is 35.5. The zero-order chi connectivity index (χ0) is 14.1. The van der Waals surface area contributed by atoms with Crippen LogP contribution in [0, 0.1) is 0 Å². The van der Waals surface area contributed by atoms with E-state index in [0.717, 1.165) is 29.1 Å². The molecular formula is C15H15ClN2O2. The lowest BCUT2D eigenvalue weighted by Crippen LogP contribution is -2.09. The normalized spacial score (nSPS) is 14.8. The largest absolute Gasteiger partial charge is 0.467 e. The van der Waals surface area contributed by atoms with Gasteiger partial charge in [-0.05, 0) is 36.2 Å². The molecule has 2 heterocycles. The Morgan fingerprint density at radius 3 is 3.05 bits per heavy atom. The van der Waals surface area contributed by atoms with E-state index in [1.807, 2.05) is 18.2 Å². The summed E-state index contributed by atoms with van der Waals surface area (Å²) < 4.78 is 5.44. The second kappa shape index (κ2) is 5.21. The summed E-state index contributed by atoms with van der Waals surface area (Å²) in [5.74, 6) is 0.879. The first-order chi connectivity index (χ1) is 9.67. The Hall–Kier alpha value is -1.94. The molecule has 0 spiro atoms. The molecule has 0 fully saturated rings. The summed E-state index contributed by atoms with van der Waals surface area (Å²) in [6.07, 6.45) is 2.93. The van der Waals surface area contributed by atoms with E-state index in [0.29, 0.717) is 11.4 Å². The van der Waals surface area contributed by atoms with Gasteiger partial charge in [0.1, 0.15) is 5.76 Å². The molecule has 0 aliphatic carbocycles. The van der Waals surface area contributed by atoms with Crippen molar-refractivity contribution in [2.24, 2.45) is 0 Å². The lowest BCUT2D eigenvalue weighted by atomic mass is 10.1. The maximum atomic E-state index is 11.4. The van der Waals surface area contributed by atoms with Gasteiger partial charge in [0, 0.05) is 5.69 Å². The third-order valence-corrected chi connectivity index (χ3v) is 3.76. The minimum Gasteiger partial charge on any atom is -0.467 e. The number of fused-ring (bicyclic) bond motifs is 1. The van der Waals surface area contributed by atoms with Gasteiger partial charge in [-0.1, -0.05) is 18.5 Å². The molecular weight excluding hydrogens is 276 g/mol. The molecule has 1 aliphatic rings. The van der Waals surface area contributed by atoms with Crippen LogP contribution in [0.25, 0.3) is 0 Å². The average molecular weight is 291 g/mol. The maximum absolute atomic E-state index is 11.4. The van der Waals surface area contributed by atoms with Gasteiger partial charge < -0.3 is 15.1 Å². The first-order valence-electron chi connectivity index (χ1n) is 6.59. The SMILES string of the molecule is CCC(Nc1cc2c(cc1Cl)NC(=O)C2)c1ccco1. The molecule has 0 radical (unpaired) electrons. The van der Waals surface area contributed by atoms with E-state index in [1.54, 1.807) is 12.3 Å². The fraction of sp³-hybridized carbons (Fsp3) is 0.267. The Kier molecular flexibility index (Phi) is 3.40. The van der Waals surface area contributed by atoms with Crippen molar-refractivity contribution >= 4 is 28.9 Å². The quantitative estimate of drug-likeness (QED) is 0.895. The van der Waals surface area contributed by atoms with E-state index in [2.05, 4.69) is 17.6 Å². The molecule has 0 saturated carbocycles. The molecule has 104 valence electrons. The predicted molar refractivity (Wildman–Crippen MR) is 79.1 cm³/mol. The molecule has 2 aromatic rings. The zero-order valence-electron chi connectivity index (χ0n) is 11.1. The van der Waals surface area contributed by atoms with Crippen LogP contribution in [0.1, 0.15) is 30.7 Å². The van der Waals surface area contributed by atoms with Gasteiger partial charge in [0.05, 0.1) is 29.4 Å². The van der Waals surface area contributed by atoms with Crippen molar-refractivity contribution < 1.29 is 9.21 Å². The molecule has 1 amide bonds. The van der Waals surface area contributed by atoms with Crippen molar-refractivity contribution in [2.75, 3.05) is 10.6 Å². The molecule has 4 nitrogen and oxygen atoms in total. The molecule has 2 N–H and O–H groups in total.